The van der Waals surface area contributed by atoms with Crippen molar-refractivity contribution in [1.82, 2.24) is 0 Å². The third-order valence-corrected chi connectivity index (χ3v) is 10.0. The van der Waals surface area contributed by atoms with E-state index in [1.807, 2.05) is 0 Å². The number of ether oxygens (including phenoxy) is 2. The summed E-state index contributed by atoms with van der Waals surface area (Å²) in [6.45, 7) is 12.8. The normalized spacial score (nSPS) is 20.3. The molecule has 0 saturated carbocycles. The minimum atomic E-state index is -1.87. The van der Waals surface area contributed by atoms with Crippen molar-refractivity contribution in [2.75, 3.05) is 18.6 Å². The van der Waals surface area contributed by atoms with Gasteiger partial charge in [-0.15, -0.1) is 0 Å². The third kappa shape index (κ3) is 4.71. The molecule has 6 nitrogen and oxygen atoms in total. The van der Waals surface area contributed by atoms with E-state index in [2.05, 4.69) is 33.9 Å². The van der Waals surface area contributed by atoms with Crippen LogP contribution in [0.2, 0.25) is 18.1 Å². The first-order chi connectivity index (χ1) is 12.5. The molecule has 2 atom stereocenters. The van der Waals surface area contributed by atoms with Crippen LogP contribution in [0.4, 0.5) is 5.69 Å². The zero-order chi connectivity index (χ0) is 20.4. The van der Waals surface area contributed by atoms with Crippen LogP contribution in [0, 0.1) is 5.92 Å². The van der Waals surface area contributed by atoms with E-state index in [1.165, 1.54) is 11.8 Å². The molecule has 1 aliphatic rings. The van der Waals surface area contributed by atoms with E-state index in [-0.39, 0.29) is 16.9 Å². The highest BCUT2D eigenvalue weighted by molar-refractivity contribution is 6.74. The number of nitrogens with zero attached hydrogens (tertiary/aromatic N) is 1. The molecule has 1 saturated heterocycles. The summed E-state index contributed by atoms with van der Waals surface area (Å²) in [4.78, 5) is 25.8. The van der Waals surface area contributed by atoms with Gasteiger partial charge in [0, 0.05) is 19.2 Å². The van der Waals surface area contributed by atoms with E-state index in [4.69, 9.17) is 13.9 Å². The summed E-state index contributed by atoms with van der Waals surface area (Å²) in [5.41, 5.74) is 0.689. The molecule has 0 radical (unpaired) electrons. The van der Waals surface area contributed by atoms with Crippen LogP contribution in [-0.2, 0) is 18.8 Å². The Morgan fingerprint density at radius 1 is 1.19 bits per heavy atom. The van der Waals surface area contributed by atoms with Crippen LogP contribution < -0.4 is 9.64 Å². The fourth-order valence-electron chi connectivity index (χ4n) is 2.77. The van der Waals surface area contributed by atoms with Gasteiger partial charge in [0.25, 0.3) is 0 Å². The lowest BCUT2D eigenvalue weighted by atomic mass is 9.91. The van der Waals surface area contributed by atoms with Crippen molar-refractivity contribution in [3.63, 3.8) is 0 Å². The van der Waals surface area contributed by atoms with Gasteiger partial charge < -0.3 is 13.9 Å². The molecule has 1 aromatic carbocycles. The van der Waals surface area contributed by atoms with Crippen molar-refractivity contribution in [1.29, 1.82) is 0 Å². The van der Waals surface area contributed by atoms with Crippen LogP contribution in [-0.4, -0.2) is 40.1 Å². The average Bonchev–Trinajstić information content (AvgIpc) is 2.57. The zero-order valence-corrected chi connectivity index (χ0v) is 18.4. The molecule has 0 bridgehead atoms. The predicted octanol–water partition coefficient (Wildman–Crippen LogP) is 3.96. The number of β-lactam (4-membered cyclic amide) rings is 1. The smallest absolute Gasteiger partial charge is 0.304 e. The van der Waals surface area contributed by atoms with Gasteiger partial charge in [-0.3, -0.25) is 14.5 Å². The topological polar surface area (TPSA) is 65.1 Å². The molecular formula is C20H31NO5Si. The number of methoxy groups -OCH3 is 1. The summed E-state index contributed by atoms with van der Waals surface area (Å²) in [6.07, 6.45) is -0.0536. The van der Waals surface area contributed by atoms with Gasteiger partial charge in [-0.2, -0.15) is 0 Å². The summed E-state index contributed by atoms with van der Waals surface area (Å²) >= 11 is 0. The Bertz CT molecular complexity index is 681. The maximum atomic E-state index is 12.7. The second-order valence-corrected chi connectivity index (χ2v) is 13.2. The third-order valence-electron chi connectivity index (χ3n) is 5.49. The fourth-order valence-corrected chi connectivity index (χ4v) is 3.83. The maximum Gasteiger partial charge on any atom is 0.304 e. The number of hydrogen-bond donors (Lipinski definition) is 0. The standard InChI is InChI=1S/C20H31NO5Si/c1-14(22)26-19-17(12-13-25-27(6,7)20(2,3)4)18(23)21(19)15-8-10-16(24-5)11-9-15/h8-11,17,19H,12-13H2,1-7H3/t17-,19+/m0/s1. The molecule has 1 amide bonds. The molecule has 7 heteroatoms. The highest BCUT2D eigenvalue weighted by atomic mass is 28.4. The zero-order valence-electron chi connectivity index (χ0n) is 17.4. The molecule has 1 aliphatic heterocycles. The summed E-state index contributed by atoms with van der Waals surface area (Å²) < 4.78 is 16.8. The van der Waals surface area contributed by atoms with Crippen molar-refractivity contribution >= 4 is 25.9 Å². The molecule has 0 N–H and O–H groups in total. The van der Waals surface area contributed by atoms with E-state index in [9.17, 15) is 9.59 Å². The number of rotatable bonds is 7. The molecular weight excluding hydrogens is 362 g/mol. The van der Waals surface area contributed by atoms with Gasteiger partial charge in [-0.05, 0) is 48.8 Å². The second-order valence-electron chi connectivity index (χ2n) is 8.41. The van der Waals surface area contributed by atoms with Crippen LogP contribution in [0.3, 0.4) is 0 Å². The van der Waals surface area contributed by atoms with Crippen molar-refractivity contribution < 1.29 is 23.5 Å². The molecule has 0 aliphatic carbocycles. The Labute approximate surface area is 162 Å². The molecule has 1 fully saturated rings. The van der Waals surface area contributed by atoms with Crippen LogP contribution >= 0.6 is 0 Å². The van der Waals surface area contributed by atoms with Crippen LogP contribution in [0.25, 0.3) is 0 Å². The summed E-state index contributed by atoms with van der Waals surface area (Å²) in [6, 6.07) is 7.13. The quantitative estimate of drug-likeness (QED) is 0.399. The number of esters is 1. The number of benzene rings is 1. The molecule has 27 heavy (non-hydrogen) atoms. The van der Waals surface area contributed by atoms with Gasteiger partial charge >= 0.3 is 5.97 Å². The van der Waals surface area contributed by atoms with Crippen LogP contribution in [0.1, 0.15) is 34.1 Å². The fraction of sp³-hybridized carbons (Fsp3) is 0.600. The largest absolute Gasteiger partial charge is 0.497 e. The average molecular weight is 394 g/mol. The van der Waals surface area contributed by atoms with Crippen molar-refractivity contribution in [2.45, 2.75) is 58.5 Å². The molecule has 150 valence electrons. The monoisotopic (exact) mass is 393 g/mol. The Morgan fingerprint density at radius 3 is 2.26 bits per heavy atom. The molecule has 0 unspecified atom stereocenters. The van der Waals surface area contributed by atoms with Gasteiger partial charge in [0.1, 0.15) is 5.75 Å². The van der Waals surface area contributed by atoms with Crippen molar-refractivity contribution in [3.05, 3.63) is 24.3 Å². The first kappa shape index (κ1) is 21.4. The highest BCUT2D eigenvalue weighted by Crippen LogP contribution is 2.39. The maximum absolute atomic E-state index is 12.7. The molecule has 0 spiro atoms. The summed E-state index contributed by atoms with van der Waals surface area (Å²) in [7, 11) is -0.287. The first-order valence-corrected chi connectivity index (χ1v) is 12.2. The Balaban J connectivity index is 2.06. The Hall–Kier alpha value is -1.86. The van der Waals surface area contributed by atoms with Gasteiger partial charge in [-0.1, -0.05) is 20.8 Å². The van der Waals surface area contributed by atoms with Crippen LogP contribution in [0.5, 0.6) is 5.75 Å². The lowest BCUT2D eigenvalue weighted by molar-refractivity contribution is -0.161. The Kier molecular flexibility index (Phi) is 6.37. The molecule has 2 rings (SSSR count). The van der Waals surface area contributed by atoms with Gasteiger partial charge in [-0.25, -0.2) is 0 Å². The predicted molar refractivity (Wildman–Crippen MR) is 107 cm³/mol. The first-order valence-electron chi connectivity index (χ1n) is 9.26. The van der Waals surface area contributed by atoms with Gasteiger partial charge in [0.05, 0.1) is 13.0 Å². The number of carbonyl (C=O) groups excluding carboxylic acids is 2. The van der Waals surface area contributed by atoms with Crippen LogP contribution in [0.15, 0.2) is 24.3 Å². The molecule has 1 aromatic rings. The lowest BCUT2D eigenvalue weighted by Gasteiger charge is -2.46. The van der Waals surface area contributed by atoms with E-state index >= 15 is 0 Å². The van der Waals surface area contributed by atoms with E-state index in [0.29, 0.717) is 24.5 Å². The SMILES string of the molecule is COc1ccc(N2C(=O)[C@H](CCO[Si](C)(C)C(C)(C)C)[C@H]2OC(C)=O)cc1. The van der Waals surface area contributed by atoms with E-state index < -0.39 is 20.5 Å². The van der Waals surface area contributed by atoms with Crippen molar-refractivity contribution in [2.24, 2.45) is 5.92 Å². The number of amides is 1. The minimum Gasteiger partial charge on any atom is -0.497 e. The van der Waals surface area contributed by atoms with Crippen molar-refractivity contribution in [3.8, 4) is 5.75 Å². The highest BCUT2D eigenvalue weighted by Gasteiger charge is 2.50. The number of carbonyl (C=O) groups is 2. The Morgan fingerprint density at radius 2 is 1.78 bits per heavy atom. The molecule has 0 aromatic heterocycles. The van der Waals surface area contributed by atoms with E-state index in [0.717, 1.165) is 0 Å². The lowest BCUT2D eigenvalue weighted by Crippen LogP contribution is -2.63. The summed E-state index contributed by atoms with van der Waals surface area (Å²) in [5, 5.41) is 0.112. The second kappa shape index (κ2) is 8.02. The summed E-state index contributed by atoms with van der Waals surface area (Å²) in [5.74, 6) is -0.123. The van der Waals surface area contributed by atoms with E-state index in [1.54, 1.807) is 31.4 Å². The molecule has 1 heterocycles. The number of anilines is 1. The minimum absolute atomic E-state index is 0.0507. The van der Waals surface area contributed by atoms with Gasteiger partial charge in [0.2, 0.25) is 5.91 Å². The van der Waals surface area contributed by atoms with Gasteiger partial charge in [0.15, 0.2) is 14.5 Å². The number of hydrogen-bond acceptors (Lipinski definition) is 5.